The predicted molar refractivity (Wildman–Crippen MR) is 71.7 cm³/mol. The molecule has 3 nitrogen and oxygen atoms in total. The average Bonchev–Trinajstić information content (AvgIpc) is 2.35. The fraction of sp³-hybridized carbons (Fsp3) is 0.929. The number of nitrogens with two attached hydrogens (primary N) is 1. The lowest BCUT2D eigenvalue weighted by molar-refractivity contribution is -0.122. The minimum atomic E-state index is 0.243. The third-order valence-electron chi connectivity index (χ3n) is 3.90. The third kappa shape index (κ3) is 6.06. The number of amides is 1. The van der Waals surface area contributed by atoms with Gasteiger partial charge in [-0.15, -0.1) is 0 Å². The van der Waals surface area contributed by atoms with E-state index < -0.39 is 0 Å². The van der Waals surface area contributed by atoms with Crippen LogP contribution in [-0.4, -0.2) is 18.5 Å². The van der Waals surface area contributed by atoms with Crippen LogP contribution in [0.3, 0.4) is 0 Å². The van der Waals surface area contributed by atoms with E-state index in [1.807, 2.05) is 0 Å². The number of hydrogen-bond acceptors (Lipinski definition) is 2. The van der Waals surface area contributed by atoms with E-state index in [9.17, 15) is 4.79 Å². The van der Waals surface area contributed by atoms with E-state index in [-0.39, 0.29) is 5.91 Å². The molecule has 1 rings (SSSR count). The summed E-state index contributed by atoms with van der Waals surface area (Å²) in [5.41, 5.74) is 5.56. The monoisotopic (exact) mass is 240 g/mol. The van der Waals surface area contributed by atoms with Crippen LogP contribution in [0.1, 0.15) is 64.7 Å². The molecule has 3 heteroatoms. The van der Waals surface area contributed by atoms with Crippen LogP contribution in [0.4, 0.5) is 0 Å². The van der Waals surface area contributed by atoms with Crippen LogP contribution in [-0.2, 0) is 4.79 Å². The van der Waals surface area contributed by atoms with E-state index in [0.29, 0.717) is 18.4 Å². The highest BCUT2D eigenvalue weighted by Gasteiger charge is 2.16. The molecule has 0 aromatic carbocycles. The molecule has 1 amide bonds. The maximum Gasteiger partial charge on any atom is 0.220 e. The summed E-state index contributed by atoms with van der Waals surface area (Å²) in [6, 6.07) is 0.450. The van der Waals surface area contributed by atoms with Crippen LogP contribution in [0.5, 0.6) is 0 Å². The van der Waals surface area contributed by atoms with Gasteiger partial charge in [0.2, 0.25) is 5.91 Å². The van der Waals surface area contributed by atoms with Crippen molar-refractivity contribution in [2.75, 3.05) is 6.54 Å². The predicted octanol–water partition coefficient (Wildman–Crippen LogP) is 2.59. The molecule has 100 valence electrons. The zero-order valence-corrected chi connectivity index (χ0v) is 11.2. The smallest absolute Gasteiger partial charge is 0.220 e. The van der Waals surface area contributed by atoms with Crippen LogP contribution >= 0.6 is 0 Å². The normalized spacial score (nSPS) is 18.9. The van der Waals surface area contributed by atoms with Gasteiger partial charge in [-0.2, -0.15) is 0 Å². The Morgan fingerprint density at radius 1 is 1.29 bits per heavy atom. The molecule has 0 saturated heterocycles. The van der Waals surface area contributed by atoms with Crippen LogP contribution < -0.4 is 11.1 Å². The molecular weight excluding hydrogens is 212 g/mol. The van der Waals surface area contributed by atoms with E-state index >= 15 is 0 Å². The standard InChI is InChI=1S/C14H28N2O/c1-2-12(10-11-15)8-9-14(17)16-13-6-4-3-5-7-13/h12-13H,2-11,15H2,1H3,(H,16,17). The largest absolute Gasteiger partial charge is 0.353 e. The summed E-state index contributed by atoms with van der Waals surface area (Å²) < 4.78 is 0. The molecule has 0 bridgehead atoms. The van der Waals surface area contributed by atoms with Gasteiger partial charge < -0.3 is 11.1 Å². The lowest BCUT2D eigenvalue weighted by Gasteiger charge is -2.23. The highest BCUT2D eigenvalue weighted by Crippen LogP contribution is 2.18. The fourth-order valence-electron chi connectivity index (χ4n) is 2.67. The second kappa shape index (κ2) is 8.51. The first kappa shape index (κ1) is 14.5. The van der Waals surface area contributed by atoms with Crippen LogP contribution in [0, 0.1) is 5.92 Å². The second-order valence-corrected chi connectivity index (χ2v) is 5.29. The van der Waals surface area contributed by atoms with Crippen molar-refractivity contribution in [3.8, 4) is 0 Å². The Labute approximate surface area is 106 Å². The third-order valence-corrected chi connectivity index (χ3v) is 3.90. The zero-order chi connectivity index (χ0) is 12.5. The molecular formula is C14H28N2O. The number of nitrogens with one attached hydrogen (secondary N) is 1. The zero-order valence-electron chi connectivity index (χ0n) is 11.2. The molecule has 0 spiro atoms. The summed E-state index contributed by atoms with van der Waals surface area (Å²) in [5, 5.41) is 3.17. The summed E-state index contributed by atoms with van der Waals surface area (Å²) in [7, 11) is 0. The number of carbonyl (C=O) groups excluding carboxylic acids is 1. The summed E-state index contributed by atoms with van der Waals surface area (Å²) >= 11 is 0. The van der Waals surface area contributed by atoms with Gasteiger partial charge in [0.05, 0.1) is 0 Å². The summed E-state index contributed by atoms with van der Waals surface area (Å²) in [6.45, 7) is 2.92. The van der Waals surface area contributed by atoms with Crippen molar-refractivity contribution in [2.45, 2.75) is 70.8 Å². The Morgan fingerprint density at radius 3 is 2.59 bits per heavy atom. The van der Waals surface area contributed by atoms with Crippen molar-refractivity contribution in [1.82, 2.24) is 5.32 Å². The van der Waals surface area contributed by atoms with Gasteiger partial charge >= 0.3 is 0 Å². The summed E-state index contributed by atoms with van der Waals surface area (Å²) in [6.07, 6.45) is 10.1. The molecule has 3 N–H and O–H groups in total. The van der Waals surface area contributed by atoms with Crippen molar-refractivity contribution in [1.29, 1.82) is 0 Å². The molecule has 1 atom stereocenters. The van der Waals surface area contributed by atoms with Gasteiger partial charge in [-0.05, 0) is 38.1 Å². The van der Waals surface area contributed by atoms with Gasteiger partial charge in [0, 0.05) is 12.5 Å². The lowest BCUT2D eigenvalue weighted by Crippen LogP contribution is -2.36. The van der Waals surface area contributed by atoms with Crippen LogP contribution in [0.2, 0.25) is 0 Å². The molecule has 1 unspecified atom stereocenters. The van der Waals surface area contributed by atoms with Gasteiger partial charge in [0.15, 0.2) is 0 Å². The van der Waals surface area contributed by atoms with Gasteiger partial charge in [0.1, 0.15) is 0 Å². The molecule has 0 aromatic heterocycles. The molecule has 1 aliphatic rings. The maximum absolute atomic E-state index is 11.8. The van der Waals surface area contributed by atoms with Gasteiger partial charge in [-0.3, -0.25) is 4.79 Å². The van der Waals surface area contributed by atoms with Crippen molar-refractivity contribution in [3.63, 3.8) is 0 Å². The first-order valence-electron chi connectivity index (χ1n) is 7.25. The Morgan fingerprint density at radius 2 is 2.00 bits per heavy atom. The lowest BCUT2D eigenvalue weighted by atomic mass is 9.94. The Bertz CT molecular complexity index is 212. The SMILES string of the molecule is CCC(CCN)CCC(=O)NC1CCCCC1. The van der Waals surface area contributed by atoms with Gasteiger partial charge in [0.25, 0.3) is 0 Å². The summed E-state index contributed by atoms with van der Waals surface area (Å²) in [5.74, 6) is 0.865. The molecule has 0 aliphatic heterocycles. The van der Waals surface area contributed by atoms with E-state index in [1.54, 1.807) is 0 Å². The topological polar surface area (TPSA) is 55.1 Å². The van der Waals surface area contributed by atoms with Crippen LogP contribution in [0.25, 0.3) is 0 Å². The maximum atomic E-state index is 11.8. The molecule has 0 radical (unpaired) electrons. The van der Waals surface area contributed by atoms with E-state index in [2.05, 4.69) is 12.2 Å². The first-order valence-corrected chi connectivity index (χ1v) is 7.25. The summed E-state index contributed by atoms with van der Waals surface area (Å²) in [4.78, 5) is 11.8. The minimum Gasteiger partial charge on any atom is -0.353 e. The number of rotatable bonds is 7. The van der Waals surface area contributed by atoms with Crippen molar-refractivity contribution >= 4 is 5.91 Å². The Balaban J connectivity index is 2.14. The Hall–Kier alpha value is -0.570. The molecule has 0 aromatic rings. The van der Waals surface area contributed by atoms with E-state index in [4.69, 9.17) is 5.73 Å². The molecule has 1 fully saturated rings. The van der Waals surface area contributed by atoms with Gasteiger partial charge in [-0.25, -0.2) is 0 Å². The average molecular weight is 240 g/mol. The Kier molecular flexibility index (Phi) is 7.25. The molecule has 1 saturated carbocycles. The van der Waals surface area contributed by atoms with E-state index in [0.717, 1.165) is 25.8 Å². The van der Waals surface area contributed by atoms with Crippen LogP contribution in [0.15, 0.2) is 0 Å². The van der Waals surface area contributed by atoms with Crippen molar-refractivity contribution in [2.24, 2.45) is 11.7 Å². The van der Waals surface area contributed by atoms with Crippen molar-refractivity contribution in [3.05, 3.63) is 0 Å². The fourth-order valence-corrected chi connectivity index (χ4v) is 2.67. The minimum absolute atomic E-state index is 0.243. The van der Waals surface area contributed by atoms with Crippen molar-refractivity contribution < 1.29 is 4.79 Å². The highest BCUT2D eigenvalue weighted by atomic mass is 16.1. The van der Waals surface area contributed by atoms with E-state index in [1.165, 1.54) is 32.1 Å². The quantitative estimate of drug-likeness (QED) is 0.718. The molecule has 0 heterocycles. The molecule has 17 heavy (non-hydrogen) atoms. The van der Waals surface area contributed by atoms with Gasteiger partial charge in [-0.1, -0.05) is 32.6 Å². The first-order chi connectivity index (χ1) is 8.26. The highest BCUT2D eigenvalue weighted by molar-refractivity contribution is 5.76. The second-order valence-electron chi connectivity index (χ2n) is 5.29. The molecule has 1 aliphatic carbocycles. The number of hydrogen-bond donors (Lipinski definition) is 2. The number of carbonyl (C=O) groups is 1.